The number of unbranched alkanes of at least 4 members (excludes halogenated alkanes) is 1. The summed E-state index contributed by atoms with van der Waals surface area (Å²) < 4.78 is 5.06. The highest BCUT2D eigenvalue weighted by atomic mass is 35.5. The van der Waals surface area contributed by atoms with Gasteiger partial charge in [0.2, 0.25) is 0 Å². The maximum atomic E-state index is 11.8. The Morgan fingerprint density at radius 2 is 1.79 bits per heavy atom. The van der Waals surface area contributed by atoms with Crippen molar-refractivity contribution in [3.05, 3.63) is 35.9 Å². The number of halogens is 1. The van der Waals surface area contributed by atoms with E-state index in [0.717, 1.165) is 5.56 Å². The molecule has 5 N–H and O–H groups in total. The number of ether oxygens (including phenoxy) is 1. The highest BCUT2D eigenvalue weighted by Crippen LogP contribution is 2.19. The third kappa shape index (κ3) is 8.30. The molecule has 0 saturated carbocycles. The Hall–Kier alpha value is -1.61. The van der Waals surface area contributed by atoms with Gasteiger partial charge in [-0.2, -0.15) is 0 Å². The Balaban J connectivity index is 0.00000529. The van der Waals surface area contributed by atoms with E-state index in [-0.39, 0.29) is 31.8 Å². The maximum absolute atomic E-state index is 11.8. The molecule has 24 heavy (non-hydrogen) atoms. The van der Waals surface area contributed by atoms with Crippen molar-refractivity contribution in [3.8, 4) is 0 Å². The number of carbonyl (C=O) groups excluding carboxylic acids is 1. The summed E-state index contributed by atoms with van der Waals surface area (Å²) in [7, 11) is -1.43. The molecular formula is C15H23BClNO6. The Bertz CT molecular complexity index is 516. The first kappa shape index (κ1) is 22.4. The number of esters is 1. The molecule has 0 aromatic heterocycles. The van der Waals surface area contributed by atoms with Crippen LogP contribution in [0.4, 0.5) is 0 Å². The third-order valence-corrected chi connectivity index (χ3v) is 3.46. The normalized spacial score (nSPS) is 12.6. The van der Waals surface area contributed by atoms with Gasteiger partial charge in [-0.25, -0.2) is 0 Å². The van der Waals surface area contributed by atoms with Gasteiger partial charge >= 0.3 is 19.1 Å². The van der Waals surface area contributed by atoms with E-state index in [0.29, 0.717) is 12.8 Å². The zero-order chi connectivity index (χ0) is 17.3. The fraction of sp³-hybridized carbons (Fsp3) is 0.467. The van der Waals surface area contributed by atoms with E-state index in [4.69, 9.17) is 20.5 Å². The first-order chi connectivity index (χ1) is 10.8. The molecule has 1 aromatic rings. The van der Waals surface area contributed by atoms with Crippen LogP contribution in [0.25, 0.3) is 0 Å². The van der Waals surface area contributed by atoms with Gasteiger partial charge in [-0.05, 0) is 18.3 Å². The van der Waals surface area contributed by atoms with Crippen LogP contribution in [0.15, 0.2) is 30.3 Å². The van der Waals surface area contributed by atoms with Crippen molar-refractivity contribution in [2.45, 2.75) is 44.1 Å². The summed E-state index contributed by atoms with van der Waals surface area (Å²) in [6.45, 7) is 0.0616. The topological polar surface area (TPSA) is 130 Å². The van der Waals surface area contributed by atoms with Crippen LogP contribution in [0.1, 0.15) is 31.2 Å². The summed E-state index contributed by atoms with van der Waals surface area (Å²) in [5, 5.41) is 26.7. The summed E-state index contributed by atoms with van der Waals surface area (Å²) >= 11 is 0. The molecule has 1 rings (SSSR count). The van der Waals surface area contributed by atoms with Crippen LogP contribution in [0.5, 0.6) is 0 Å². The molecule has 0 bridgehead atoms. The lowest BCUT2D eigenvalue weighted by Crippen LogP contribution is -2.49. The monoisotopic (exact) mass is 359 g/mol. The summed E-state index contributed by atoms with van der Waals surface area (Å²) in [4.78, 5) is 23.2. The van der Waals surface area contributed by atoms with Crippen molar-refractivity contribution in [2.75, 3.05) is 0 Å². The van der Waals surface area contributed by atoms with Crippen molar-refractivity contribution >= 4 is 31.5 Å². The van der Waals surface area contributed by atoms with Crippen molar-refractivity contribution in [2.24, 2.45) is 5.73 Å². The van der Waals surface area contributed by atoms with Crippen LogP contribution in [0.3, 0.4) is 0 Å². The Labute approximate surface area is 147 Å². The van der Waals surface area contributed by atoms with Gasteiger partial charge in [0.1, 0.15) is 12.1 Å². The SMILES string of the molecule is Cl.NC(CCCCB(O)O)(CC(=O)OCc1ccccc1)C(=O)O. The van der Waals surface area contributed by atoms with Crippen LogP contribution < -0.4 is 5.73 Å². The number of nitrogens with two attached hydrogens (primary N) is 1. The van der Waals surface area contributed by atoms with Gasteiger partial charge in [0.25, 0.3) is 0 Å². The number of carbonyl (C=O) groups is 2. The average molecular weight is 360 g/mol. The standard InChI is InChI=1S/C15H22BNO6.ClH/c17-15(14(19)20,8-4-5-9-16(21)22)10-13(18)23-11-12-6-2-1-3-7-12;/h1-3,6-7,21-22H,4-5,8-11,17H2,(H,19,20);1H. The van der Waals surface area contributed by atoms with Gasteiger partial charge in [-0.15, -0.1) is 12.4 Å². The molecule has 0 fully saturated rings. The molecule has 0 spiro atoms. The second-order valence-corrected chi connectivity index (χ2v) is 5.51. The van der Waals surface area contributed by atoms with E-state index < -0.39 is 31.0 Å². The van der Waals surface area contributed by atoms with Crippen LogP contribution in [0.2, 0.25) is 6.32 Å². The van der Waals surface area contributed by atoms with Crippen molar-refractivity contribution < 1.29 is 29.5 Å². The molecular weight excluding hydrogens is 336 g/mol. The lowest BCUT2D eigenvalue weighted by atomic mass is 9.81. The lowest BCUT2D eigenvalue weighted by Gasteiger charge is -2.23. The van der Waals surface area contributed by atoms with Gasteiger partial charge in [0.15, 0.2) is 0 Å². The van der Waals surface area contributed by atoms with E-state index in [1.54, 1.807) is 12.1 Å². The highest BCUT2D eigenvalue weighted by molar-refractivity contribution is 6.40. The molecule has 0 radical (unpaired) electrons. The van der Waals surface area contributed by atoms with Crippen molar-refractivity contribution in [1.82, 2.24) is 0 Å². The molecule has 9 heteroatoms. The minimum absolute atomic E-state index is 0. The third-order valence-electron chi connectivity index (χ3n) is 3.46. The number of carboxylic acids is 1. The summed E-state index contributed by atoms with van der Waals surface area (Å²) in [5.74, 6) is -1.96. The number of rotatable bonds is 10. The second-order valence-electron chi connectivity index (χ2n) is 5.51. The molecule has 0 saturated heterocycles. The fourth-order valence-electron chi connectivity index (χ4n) is 2.08. The fourth-order valence-corrected chi connectivity index (χ4v) is 2.08. The van der Waals surface area contributed by atoms with Crippen LogP contribution in [-0.4, -0.2) is 39.8 Å². The average Bonchev–Trinajstić information content (AvgIpc) is 2.50. The number of hydrogen-bond acceptors (Lipinski definition) is 6. The smallest absolute Gasteiger partial charge is 0.451 e. The van der Waals surface area contributed by atoms with Crippen molar-refractivity contribution in [1.29, 1.82) is 0 Å². The lowest BCUT2D eigenvalue weighted by molar-refractivity contribution is -0.154. The van der Waals surface area contributed by atoms with Crippen LogP contribution in [0, 0.1) is 0 Å². The first-order valence-corrected chi connectivity index (χ1v) is 7.41. The van der Waals surface area contributed by atoms with E-state index in [1.165, 1.54) is 0 Å². The van der Waals surface area contributed by atoms with Gasteiger partial charge in [-0.3, -0.25) is 9.59 Å². The molecule has 0 aliphatic heterocycles. The van der Waals surface area contributed by atoms with E-state index >= 15 is 0 Å². The number of carboxylic acid groups (broad SMARTS) is 1. The zero-order valence-corrected chi connectivity index (χ0v) is 14.1. The van der Waals surface area contributed by atoms with Gasteiger partial charge in [0, 0.05) is 0 Å². The predicted octanol–water partition coefficient (Wildman–Crippen LogP) is 0.967. The summed E-state index contributed by atoms with van der Waals surface area (Å²) in [5.41, 5.74) is 4.89. The predicted molar refractivity (Wildman–Crippen MR) is 91.5 cm³/mol. The van der Waals surface area contributed by atoms with E-state index in [1.807, 2.05) is 18.2 Å². The zero-order valence-electron chi connectivity index (χ0n) is 13.3. The Morgan fingerprint density at radius 3 is 2.33 bits per heavy atom. The molecule has 0 aliphatic carbocycles. The molecule has 0 aliphatic rings. The first-order valence-electron chi connectivity index (χ1n) is 7.41. The number of benzene rings is 1. The molecule has 134 valence electrons. The van der Waals surface area contributed by atoms with Gasteiger partial charge in [-0.1, -0.05) is 43.2 Å². The number of aliphatic carboxylic acids is 1. The minimum Gasteiger partial charge on any atom is -0.480 e. The molecule has 0 heterocycles. The molecule has 0 amide bonds. The maximum Gasteiger partial charge on any atom is 0.451 e. The van der Waals surface area contributed by atoms with Crippen LogP contribution >= 0.6 is 12.4 Å². The molecule has 1 unspecified atom stereocenters. The van der Waals surface area contributed by atoms with Crippen molar-refractivity contribution in [3.63, 3.8) is 0 Å². The Kier molecular flexibility index (Phi) is 10.3. The minimum atomic E-state index is -1.71. The summed E-state index contributed by atoms with van der Waals surface area (Å²) in [6, 6.07) is 9.04. The van der Waals surface area contributed by atoms with E-state index in [9.17, 15) is 14.7 Å². The number of hydrogen-bond donors (Lipinski definition) is 4. The molecule has 7 nitrogen and oxygen atoms in total. The van der Waals surface area contributed by atoms with Gasteiger partial charge < -0.3 is 25.6 Å². The van der Waals surface area contributed by atoms with Gasteiger partial charge in [0.05, 0.1) is 6.42 Å². The van der Waals surface area contributed by atoms with Crippen LogP contribution in [-0.2, 0) is 20.9 Å². The second kappa shape index (κ2) is 11.0. The summed E-state index contributed by atoms with van der Waals surface area (Å²) in [6.07, 6.45) is 0.524. The largest absolute Gasteiger partial charge is 0.480 e. The quantitative estimate of drug-likeness (QED) is 0.278. The Morgan fingerprint density at radius 1 is 1.17 bits per heavy atom. The molecule has 1 aromatic carbocycles. The molecule has 1 atom stereocenters. The van der Waals surface area contributed by atoms with E-state index in [2.05, 4.69) is 0 Å². The highest BCUT2D eigenvalue weighted by Gasteiger charge is 2.36.